The smallest absolute Gasteiger partial charge is 0.323 e. The molecule has 1 aromatic heterocycles. The number of carboxylic acid groups (broad SMARTS) is 1. The predicted molar refractivity (Wildman–Crippen MR) is 78.1 cm³/mol. The van der Waals surface area contributed by atoms with Crippen molar-refractivity contribution in [3.05, 3.63) is 23.0 Å². The number of nitrogens with zero attached hydrogens (tertiary/aromatic N) is 2. The number of amides is 1. The van der Waals surface area contributed by atoms with Gasteiger partial charge in [-0.15, -0.1) is 0 Å². The molecule has 0 spiro atoms. The summed E-state index contributed by atoms with van der Waals surface area (Å²) in [6, 6.07) is 2.12. The number of hydrogen-bond donors (Lipinski definition) is 1. The number of carboxylic acids is 1. The van der Waals surface area contributed by atoms with Gasteiger partial charge in [0.2, 0.25) is 0 Å². The fourth-order valence-corrected chi connectivity index (χ4v) is 2.64. The number of aliphatic carboxylic acids is 1. The van der Waals surface area contributed by atoms with Crippen molar-refractivity contribution in [3.63, 3.8) is 0 Å². The average Bonchev–Trinajstić information content (AvgIpc) is 2.62. The molecule has 0 aliphatic heterocycles. The van der Waals surface area contributed by atoms with Gasteiger partial charge in [-0.25, -0.2) is 0 Å². The first kappa shape index (κ1) is 16.3. The Morgan fingerprint density at radius 1 is 1.35 bits per heavy atom. The molecule has 1 heterocycles. The quantitative estimate of drug-likeness (QED) is 0.871. The maximum absolute atomic E-state index is 12.5. The van der Waals surface area contributed by atoms with Crippen molar-refractivity contribution in [2.75, 3.05) is 13.1 Å². The van der Waals surface area contributed by atoms with E-state index in [0.717, 1.165) is 17.8 Å². The lowest BCUT2D eigenvalue weighted by Crippen LogP contribution is -2.36. The predicted octanol–water partition coefficient (Wildman–Crippen LogP) is 2.62. The van der Waals surface area contributed by atoms with Gasteiger partial charge in [0, 0.05) is 24.0 Å². The minimum absolute atomic E-state index is 0.200. The summed E-state index contributed by atoms with van der Waals surface area (Å²) in [4.78, 5) is 24.8. The third kappa shape index (κ3) is 3.40. The monoisotopic (exact) mass is 280 g/mol. The van der Waals surface area contributed by atoms with Gasteiger partial charge in [0.1, 0.15) is 6.54 Å². The third-order valence-electron chi connectivity index (χ3n) is 3.34. The van der Waals surface area contributed by atoms with Crippen molar-refractivity contribution in [3.8, 4) is 0 Å². The normalized spacial score (nSPS) is 10.9. The Kier molecular flexibility index (Phi) is 5.36. The SMILES string of the molecule is CCCN(CC(=O)O)C(=O)c1cc(C)n(C(C)C)c1C. The van der Waals surface area contributed by atoms with Crippen molar-refractivity contribution >= 4 is 11.9 Å². The van der Waals surface area contributed by atoms with Crippen LogP contribution in [0.3, 0.4) is 0 Å². The molecule has 1 rings (SSSR count). The van der Waals surface area contributed by atoms with E-state index in [1.54, 1.807) is 0 Å². The highest BCUT2D eigenvalue weighted by molar-refractivity contribution is 5.97. The van der Waals surface area contributed by atoms with Crippen LogP contribution < -0.4 is 0 Å². The van der Waals surface area contributed by atoms with Gasteiger partial charge in [-0.05, 0) is 40.2 Å². The van der Waals surface area contributed by atoms with Crippen molar-refractivity contribution in [1.29, 1.82) is 0 Å². The Balaban J connectivity index is 3.12. The van der Waals surface area contributed by atoms with Gasteiger partial charge in [-0.3, -0.25) is 9.59 Å². The van der Waals surface area contributed by atoms with E-state index >= 15 is 0 Å². The van der Waals surface area contributed by atoms with Crippen LogP contribution in [0.25, 0.3) is 0 Å². The summed E-state index contributed by atoms with van der Waals surface area (Å²) < 4.78 is 2.10. The molecule has 5 heteroatoms. The number of aryl methyl sites for hydroxylation is 1. The summed E-state index contributed by atoms with van der Waals surface area (Å²) in [6.07, 6.45) is 0.738. The molecule has 0 saturated carbocycles. The Labute approximate surface area is 120 Å². The molecule has 0 aliphatic carbocycles. The summed E-state index contributed by atoms with van der Waals surface area (Å²) in [7, 11) is 0. The van der Waals surface area contributed by atoms with E-state index < -0.39 is 5.97 Å². The van der Waals surface area contributed by atoms with E-state index in [2.05, 4.69) is 18.4 Å². The summed E-state index contributed by atoms with van der Waals surface area (Å²) in [5.74, 6) is -1.18. The first-order valence-electron chi connectivity index (χ1n) is 6.99. The molecule has 1 N–H and O–H groups in total. The minimum atomic E-state index is -0.982. The molecule has 0 atom stereocenters. The topological polar surface area (TPSA) is 62.5 Å². The molecule has 1 aromatic rings. The van der Waals surface area contributed by atoms with Crippen molar-refractivity contribution in [2.45, 2.75) is 47.1 Å². The van der Waals surface area contributed by atoms with Crippen molar-refractivity contribution < 1.29 is 14.7 Å². The van der Waals surface area contributed by atoms with E-state index in [1.165, 1.54) is 4.90 Å². The molecule has 0 bridgehead atoms. The van der Waals surface area contributed by atoms with Crippen molar-refractivity contribution in [1.82, 2.24) is 9.47 Å². The van der Waals surface area contributed by atoms with Crippen molar-refractivity contribution in [2.24, 2.45) is 0 Å². The maximum atomic E-state index is 12.5. The van der Waals surface area contributed by atoms with Crippen LogP contribution in [-0.4, -0.2) is 39.5 Å². The number of aromatic nitrogens is 1. The summed E-state index contributed by atoms with van der Waals surface area (Å²) >= 11 is 0. The molecule has 0 fully saturated rings. The zero-order valence-electron chi connectivity index (χ0n) is 12.9. The van der Waals surface area contributed by atoms with Gasteiger partial charge in [-0.2, -0.15) is 0 Å². The standard InChI is InChI=1S/C15H24N2O3/c1-6-7-16(9-14(18)19)15(20)13-8-11(4)17(10(2)3)12(13)5/h8,10H,6-7,9H2,1-5H3,(H,18,19). The van der Waals surface area contributed by atoms with E-state index in [-0.39, 0.29) is 18.5 Å². The fourth-order valence-electron chi connectivity index (χ4n) is 2.64. The highest BCUT2D eigenvalue weighted by Crippen LogP contribution is 2.21. The Bertz CT molecular complexity index is 503. The van der Waals surface area contributed by atoms with Gasteiger partial charge < -0.3 is 14.6 Å². The molecule has 0 unspecified atom stereocenters. The average molecular weight is 280 g/mol. The van der Waals surface area contributed by atoms with Crippen LogP contribution in [0.15, 0.2) is 6.07 Å². The Morgan fingerprint density at radius 3 is 2.35 bits per heavy atom. The minimum Gasteiger partial charge on any atom is -0.480 e. The van der Waals surface area contributed by atoms with E-state index in [4.69, 9.17) is 5.11 Å². The molecule has 0 aliphatic rings. The molecular weight excluding hydrogens is 256 g/mol. The number of carbonyl (C=O) groups excluding carboxylic acids is 1. The molecule has 1 amide bonds. The molecule has 112 valence electrons. The lowest BCUT2D eigenvalue weighted by molar-refractivity contribution is -0.137. The second-order valence-electron chi connectivity index (χ2n) is 5.37. The lowest BCUT2D eigenvalue weighted by atomic mass is 10.2. The van der Waals surface area contributed by atoms with Gasteiger partial charge in [-0.1, -0.05) is 6.92 Å². The summed E-state index contributed by atoms with van der Waals surface area (Å²) in [5, 5.41) is 8.92. The van der Waals surface area contributed by atoms with E-state index in [1.807, 2.05) is 26.8 Å². The van der Waals surface area contributed by atoms with Gasteiger partial charge in [0.05, 0.1) is 5.56 Å². The van der Waals surface area contributed by atoms with E-state index in [0.29, 0.717) is 12.1 Å². The largest absolute Gasteiger partial charge is 0.480 e. The fraction of sp³-hybridized carbons (Fsp3) is 0.600. The highest BCUT2D eigenvalue weighted by Gasteiger charge is 2.23. The van der Waals surface area contributed by atoms with Gasteiger partial charge in [0.15, 0.2) is 0 Å². The van der Waals surface area contributed by atoms with Gasteiger partial charge >= 0.3 is 5.97 Å². The molecule has 0 aromatic carbocycles. The molecule has 0 radical (unpaired) electrons. The zero-order valence-corrected chi connectivity index (χ0v) is 12.9. The molecule has 0 saturated heterocycles. The van der Waals surface area contributed by atoms with Crippen LogP contribution in [0.1, 0.15) is 55.0 Å². The second-order valence-corrected chi connectivity index (χ2v) is 5.37. The summed E-state index contributed by atoms with van der Waals surface area (Å²) in [5.41, 5.74) is 2.52. The van der Waals surface area contributed by atoms with Crippen LogP contribution >= 0.6 is 0 Å². The molecule has 20 heavy (non-hydrogen) atoms. The number of carbonyl (C=O) groups is 2. The molecule has 5 nitrogen and oxygen atoms in total. The van der Waals surface area contributed by atoms with Gasteiger partial charge in [0.25, 0.3) is 5.91 Å². The van der Waals surface area contributed by atoms with Crippen LogP contribution in [0.2, 0.25) is 0 Å². The van der Waals surface area contributed by atoms with Crippen LogP contribution in [0, 0.1) is 13.8 Å². The lowest BCUT2D eigenvalue weighted by Gasteiger charge is -2.20. The highest BCUT2D eigenvalue weighted by atomic mass is 16.4. The zero-order chi connectivity index (χ0) is 15.4. The Morgan fingerprint density at radius 2 is 1.95 bits per heavy atom. The summed E-state index contributed by atoms with van der Waals surface area (Å²) in [6.45, 7) is 10.1. The number of rotatable bonds is 6. The van der Waals surface area contributed by atoms with Crippen LogP contribution in [0.4, 0.5) is 0 Å². The molecular formula is C15H24N2O3. The van der Waals surface area contributed by atoms with Crippen LogP contribution in [-0.2, 0) is 4.79 Å². The Hall–Kier alpha value is -1.78. The first-order valence-corrected chi connectivity index (χ1v) is 6.99. The number of hydrogen-bond acceptors (Lipinski definition) is 2. The third-order valence-corrected chi connectivity index (χ3v) is 3.34. The van der Waals surface area contributed by atoms with E-state index in [9.17, 15) is 9.59 Å². The second kappa shape index (κ2) is 6.59. The first-order chi connectivity index (χ1) is 9.29. The maximum Gasteiger partial charge on any atom is 0.323 e. The van der Waals surface area contributed by atoms with Crippen LogP contribution in [0.5, 0.6) is 0 Å².